The summed E-state index contributed by atoms with van der Waals surface area (Å²) in [5.41, 5.74) is -1.53. The van der Waals surface area contributed by atoms with Crippen molar-refractivity contribution < 1.29 is 27.6 Å². The van der Waals surface area contributed by atoms with Gasteiger partial charge >= 0.3 is 13.1 Å². The lowest BCUT2D eigenvalue weighted by atomic mass is 9.82. The van der Waals surface area contributed by atoms with Crippen molar-refractivity contribution in [3.8, 4) is 0 Å². The van der Waals surface area contributed by atoms with Crippen LogP contribution in [-0.2, 0) is 20.6 Å². The summed E-state index contributed by atoms with van der Waals surface area (Å²) in [5.74, 6) is -1.10. The summed E-state index contributed by atoms with van der Waals surface area (Å²) in [4.78, 5) is 11.6. The Labute approximate surface area is 167 Å². The third-order valence-corrected chi connectivity index (χ3v) is 5.19. The molecule has 1 aliphatic rings. The quantitative estimate of drug-likeness (QED) is 0.562. The molecule has 2 heterocycles. The third kappa shape index (κ3) is 4.23. The van der Waals surface area contributed by atoms with Gasteiger partial charge in [-0.15, -0.1) is 5.10 Å². The lowest BCUT2D eigenvalue weighted by Crippen LogP contribution is -2.41. The average molecular weight is 405 g/mol. The van der Waals surface area contributed by atoms with E-state index in [0.29, 0.717) is 5.56 Å². The summed E-state index contributed by atoms with van der Waals surface area (Å²) in [6, 6.07) is 5.36. The van der Waals surface area contributed by atoms with Crippen LogP contribution < -0.4 is 0 Å². The summed E-state index contributed by atoms with van der Waals surface area (Å²) >= 11 is 0. The highest BCUT2D eigenvalue weighted by atomic mass is 19.1. The van der Waals surface area contributed by atoms with Gasteiger partial charge in [-0.2, -0.15) is 0 Å². The van der Waals surface area contributed by atoms with Crippen LogP contribution in [0, 0.1) is 5.82 Å². The van der Waals surface area contributed by atoms with E-state index in [1.807, 2.05) is 27.7 Å². The lowest BCUT2D eigenvalue weighted by molar-refractivity contribution is 0.00578. The highest BCUT2D eigenvalue weighted by molar-refractivity contribution is 6.55. The fourth-order valence-electron chi connectivity index (χ4n) is 2.78. The van der Waals surface area contributed by atoms with E-state index in [-0.39, 0.29) is 17.8 Å². The molecule has 0 radical (unpaired) electrons. The topological polar surface area (TPSA) is 75.5 Å². The monoisotopic (exact) mass is 405 g/mol. The molecule has 1 fully saturated rings. The van der Waals surface area contributed by atoms with E-state index in [4.69, 9.17) is 9.31 Å². The van der Waals surface area contributed by atoms with E-state index in [1.165, 1.54) is 42.3 Å². The largest absolute Gasteiger partial charge is 0.525 e. The van der Waals surface area contributed by atoms with Gasteiger partial charge in [0.1, 0.15) is 11.5 Å². The number of carbonyl (C=O) groups excluding carboxylic acids is 1. The molecule has 0 aliphatic carbocycles. The number of hydrogen-bond donors (Lipinski definition) is 0. The molecule has 1 aliphatic heterocycles. The van der Waals surface area contributed by atoms with Gasteiger partial charge in [-0.3, -0.25) is 0 Å². The normalized spacial score (nSPS) is 18.5. The molecular weight excluding hydrogens is 383 g/mol. The number of halogens is 2. The van der Waals surface area contributed by atoms with Gasteiger partial charge in [0, 0.05) is 5.57 Å². The van der Waals surface area contributed by atoms with E-state index < -0.39 is 35.8 Å². The van der Waals surface area contributed by atoms with Crippen LogP contribution in [0.3, 0.4) is 0 Å². The molecule has 29 heavy (non-hydrogen) atoms. The number of benzene rings is 1. The van der Waals surface area contributed by atoms with Gasteiger partial charge in [0.05, 0.1) is 31.1 Å². The standard InChI is InChI=1S/C19H22BF2N3O4/c1-18(2)19(3,4)29-20(28-18)16(22)14(12-6-8-13(21)9-7-12)10-25-11-15(23-24-25)17(26)27-5/h6-9,11H,10H2,1-5H3. The zero-order chi connectivity index (χ0) is 21.4. The van der Waals surface area contributed by atoms with E-state index >= 15 is 4.39 Å². The smallest absolute Gasteiger partial charge is 0.464 e. The zero-order valence-corrected chi connectivity index (χ0v) is 16.9. The van der Waals surface area contributed by atoms with Crippen molar-refractivity contribution in [2.24, 2.45) is 0 Å². The summed E-state index contributed by atoms with van der Waals surface area (Å²) < 4.78 is 46.4. The molecule has 7 nitrogen and oxygen atoms in total. The van der Waals surface area contributed by atoms with Gasteiger partial charge in [0.2, 0.25) is 0 Å². The number of aromatic nitrogens is 3. The van der Waals surface area contributed by atoms with Crippen molar-refractivity contribution in [2.75, 3.05) is 7.11 Å². The minimum absolute atomic E-state index is 0.0120. The predicted octanol–water partition coefficient (Wildman–Crippen LogP) is 3.22. The van der Waals surface area contributed by atoms with Gasteiger partial charge in [-0.25, -0.2) is 18.3 Å². The first kappa shape index (κ1) is 21.1. The van der Waals surface area contributed by atoms with Crippen molar-refractivity contribution >= 4 is 18.7 Å². The highest BCUT2D eigenvalue weighted by Crippen LogP contribution is 2.40. The Morgan fingerprint density at radius 3 is 2.31 bits per heavy atom. The van der Waals surface area contributed by atoms with Crippen LogP contribution in [0.2, 0.25) is 0 Å². The first-order valence-corrected chi connectivity index (χ1v) is 9.02. The lowest BCUT2D eigenvalue weighted by Gasteiger charge is -2.32. The second-order valence-electron chi connectivity index (χ2n) is 7.71. The zero-order valence-electron chi connectivity index (χ0n) is 16.9. The van der Waals surface area contributed by atoms with Crippen LogP contribution in [0.1, 0.15) is 43.7 Å². The summed E-state index contributed by atoms with van der Waals surface area (Å²) in [6.45, 7) is 7.19. The number of hydrogen-bond acceptors (Lipinski definition) is 6. The number of nitrogens with zero attached hydrogens (tertiary/aromatic N) is 3. The fraction of sp³-hybridized carbons (Fsp3) is 0.421. The molecule has 0 saturated carbocycles. The molecule has 0 bridgehead atoms. The fourth-order valence-corrected chi connectivity index (χ4v) is 2.78. The summed E-state index contributed by atoms with van der Waals surface area (Å²) in [6.07, 6.45) is 1.34. The minimum atomic E-state index is -1.23. The first-order valence-electron chi connectivity index (χ1n) is 9.02. The Morgan fingerprint density at radius 1 is 1.17 bits per heavy atom. The van der Waals surface area contributed by atoms with Gasteiger partial charge < -0.3 is 14.0 Å². The number of methoxy groups -OCH3 is 1. The Hall–Kier alpha value is -2.59. The SMILES string of the molecule is COC(=O)c1cn(CC(=C(F)B2OC(C)(C)C(C)(C)O2)c2ccc(F)cc2)nn1. The van der Waals surface area contributed by atoms with Gasteiger partial charge in [0.15, 0.2) is 5.69 Å². The molecule has 0 atom stereocenters. The van der Waals surface area contributed by atoms with E-state index in [9.17, 15) is 9.18 Å². The van der Waals surface area contributed by atoms with Crippen molar-refractivity contribution in [1.29, 1.82) is 0 Å². The van der Waals surface area contributed by atoms with Gasteiger partial charge in [-0.05, 0) is 45.4 Å². The van der Waals surface area contributed by atoms with E-state index in [0.717, 1.165) is 0 Å². The van der Waals surface area contributed by atoms with Crippen molar-refractivity contribution in [1.82, 2.24) is 15.0 Å². The van der Waals surface area contributed by atoms with Crippen molar-refractivity contribution in [3.05, 3.63) is 53.3 Å². The van der Waals surface area contributed by atoms with E-state index in [2.05, 4.69) is 15.0 Å². The molecule has 0 unspecified atom stereocenters. The van der Waals surface area contributed by atoms with Crippen LogP contribution in [-0.4, -0.2) is 46.4 Å². The first-order chi connectivity index (χ1) is 13.5. The molecule has 1 aromatic heterocycles. The van der Waals surface area contributed by atoms with Gasteiger partial charge in [0.25, 0.3) is 0 Å². The molecule has 3 rings (SSSR count). The van der Waals surface area contributed by atoms with Crippen molar-refractivity contribution in [3.63, 3.8) is 0 Å². The van der Waals surface area contributed by atoms with Crippen LogP contribution in [0.15, 0.2) is 36.2 Å². The maximum Gasteiger partial charge on any atom is 0.525 e. The summed E-state index contributed by atoms with van der Waals surface area (Å²) in [7, 11) is -0.00739. The molecular formula is C19H22BF2N3O4. The number of rotatable bonds is 5. The Balaban J connectivity index is 1.99. The Kier molecular flexibility index (Phi) is 5.60. The van der Waals surface area contributed by atoms with Crippen LogP contribution >= 0.6 is 0 Å². The van der Waals surface area contributed by atoms with Crippen molar-refractivity contribution in [2.45, 2.75) is 45.4 Å². The average Bonchev–Trinajstić information content (AvgIpc) is 3.21. The second kappa shape index (κ2) is 7.68. The number of esters is 1. The molecule has 10 heteroatoms. The molecule has 0 amide bonds. The molecule has 1 aromatic carbocycles. The summed E-state index contributed by atoms with van der Waals surface area (Å²) in [5, 5.41) is 7.57. The van der Waals surface area contributed by atoms with Gasteiger partial charge in [-0.1, -0.05) is 17.3 Å². The molecule has 2 aromatic rings. The number of ether oxygens (including phenoxy) is 1. The van der Waals surface area contributed by atoms with Crippen LogP contribution in [0.4, 0.5) is 8.78 Å². The molecule has 0 spiro atoms. The van der Waals surface area contributed by atoms with Crippen LogP contribution in [0.25, 0.3) is 5.57 Å². The molecule has 1 saturated heterocycles. The number of carbonyl (C=O) groups is 1. The Morgan fingerprint density at radius 2 is 1.76 bits per heavy atom. The van der Waals surface area contributed by atoms with E-state index in [1.54, 1.807) is 0 Å². The third-order valence-electron chi connectivity index (χ3n) is 5.19. The maximum atomic E-state index is 15.5. The predicted molar refractivity (Wildman–Crippen MR) is 102 cm³/mol. The maximum absolute atomic E-state index is 15.5. The minimum Gasteiger partial charge on any atom is -0.464 e. The Bertz CT molecular complexity index is 925. The second-order valence-corrected chi connectivity index (χ2v) is 7.71. The van der Waals surface area contributed by atoms with Crippen LogP contribution in [0.5, 0.6) is 0 Å². The highest BCUT2D eigenvalue weighted by Gasteiger charge is 2.53. The molecule has 0 N–H and O–H groups in total. The molecule has 154 valence electrons. The number of allylic oxidation sites excluding steroid dienone is 1.